The van der Waals surface area contributed by atoms with Gasteiger partial charge in [0, 0.05) is 42.8 Å². The molecule has 0 saturated carbocycles. The van der Waals surface area contributed by atoms with Crippen LogP contribution in [0, 0.1) is 12.3 Å². The summed E-state index contributed by atoms with van der Waals surface area (Å²) in [5.41, 5.74) is 4.03. The van der Waals surface area contributed by atoms with Crippen LogP contribution in [-0.4, -0.2) is 56.7 Å². The number of carbonyl (C=O) groups excluding carboxylic acids is 1. The maximum atomic E-state index is 12.5. The lowest BCUT2D eigenvalue weighted by Gasteiger charge is -2.36. The molecule has 0 unspecified atom stereocenters. The van der Waals surface area contributed by atoms with Crippen LogP contribution in [0.2, 0.25) is 0 Å². The van der Waals surface area contributed by atoms with Gasteiger partial charge in [0.15, 0.2) is 10.7 Å². The van der Waals surface area contributed by atoms with Crippen LogP contribution in [0.5, 0.6) is 0 Å². The van der Waals surface area contributed by atoms with Crippen molar-refractivity contribution in [3.05, 3.63) is 59.2 Å². The smallest absolute Gasteiger partial charge is 0.323 e. The molecular formula is C22H19N7OS. The van der Waals surface area contributed by atoms with Crippen molar-refractivity contribution < 1.29 is 4.79 Å². The predicted molar refractivity (Wildman–Crippen MR) is 121 cm³/mol. The van der Waals surface area contributed by atoms with Crippen molar-refractivity contribution in [2.24, 2.45) is 0 Å². The first kappa shape index (κ1) is 19.1. The van der Waals surface area contributed by atoms with Crippen molar-refractivity contribution in [3.8, 4) is 23.6 Å². The van der Waals surface area contributed by atoms with E-state index in [0.29, 0.717) is 23.9 Å². The van der Waals surface area contributed by atoms with Crippen LogP contribution >= 0.6 is 11.3 Å². The van der Waals surface area contributed by atoms with Gasteiger partial charge in [0.25, 0.3) is 0 Å². The van der Waals surface area contributed by atoms with Crippen molar-refractivity contribution in [2.75, 3.05) is 36.4 Å². The Kier molecular flexibility index (Phi) is 4.98. The summed E-state index contributed by atoms with van der Waals surface area (Å²) < 4.78 is 1.83. The Balaban J connectivity index is 1.22. The zero-order valence-electron chi connectivity index (χ0n) is 16.6. The van der Waals surface area contributed by atoms with E-state index >= 15 is 0 Å². The lowest BCUT2D eigenvalue weighted by atomic mass is 10.1. The molecule has 154 valence electrons. The van der Waals surface area contributed by atoms with Crippen LogP contribution in [-0.2, 0) is 0 Å². The van der Waals surface area contributed by atoms with Gasteiger partial charge in [-0.25, -0.2) is 19.3 Å². The Hall–Kier alpha value is -3.90. The van der Waals surface area contributed by atoms with Gasteiger partial charge in [-0.1, -0.05) is 18.2 Å². The molecule has 1 aliphatic rings. The van der Waals surface area contributed by atoms with E-state index < -0.39 is 0 Å². The molecule has 0 atom stereocenters. The summed E-state index contributed by atoms with van der Waals surface area (Å²) in [5.74, 6) is 2.98. The SMILES string of the molecule is C#Cc1nc(NC(=O)N2CCN(c3ccc(-c4cccc5ncnn45)cc3)CC2)cs1. The highest BCUT2D eigenvalue weighted by atomic mass is 32.1. The highest BCUT2D eigenvalue weighted by Gasteiger charge is 2.22. The van der Waals surface area contributed by atoms with Crippen LogP contribution in [0.4, 0.5) is 16.3 Å². The van der Waals surface area contributed by atoms with Gasteiger partial charge in [0.2, 0.25) is 0 Å². The monoisotopic (exact) mass is 429 g/mol. The van der Waals surface area contributed by atoms with Gasteiger partial charge < -0.3 is 9.80 Å². The quantitative estimate of drug-likeness (QED) is 0.506. The molecule has 8 nitrogen and oxygen atoms in total. The summed E-state index contributed by atoms with van der Waals surface area (Å²) in [6.07, 6.45) is 6.89. The molecule has 1 saturated heterocycles. The molecule has 1 aromatic carbocycles. The molecule has 0 spiro atoms. The number of aromatic nitrogens is 4. The maximum absolute atomic E-state index is 12.5. The molecule has 0 bridgehead atoms. The number of piperazine rings is 1. The molecule has 0 aliphatic carbocycles. The highest BCUT2D eigenvalue weighted by Crippen LogP contribution is 2.24. The summed E-state index contributed by atoms with van der Waals surface area (Å²) in [7, 11) is 0. The van der Waals surface area contributed by atoms with Crippen LogP contribution in [0.1, 0.15) is 5.01 Å². The molecule has 4 heterocycles. The summed E-state index contributed by atoms with van der Waals surface area (Å²) in [6, 6.07) is 14.2. The largest absolute Gasteiger partial charge is 0.368 e. The third-order valence-electron chi connectivity index (χ3n) is 5.26. The summed E-state index contributed by atoms with van der Waals surface area (Å²) in [5, 5.41) is 9.44. The number of nitrogens with one attached hydrogen (secondary N) is 1. The molecule has 2 amide bonds. The van der Waals surface area contributed by atoms with Gasteiger partial charge in [-0.3, -0.25) is 5.32 Å². The number of urea groups is 1. The van der Waals surface area contributed by atoms with E-state index in [-0.39, 0.29) is 6.03 Å². The molecule has 3 aromatic heterocycles. The zero-order chi connectivity index (χ0) is 21.2. The number of terminal acetylenes is 1. The van der Waals surface area contributed by atoms with E-state index in [1.165, 1.54) is 11.3 Å². The van der Waals surface area contributed by atoms with E-state index in [2.05, 4.69) is 55.5 Å². The Labute approximate surface area is 183 Å². The van der Waals surface area contributed by atoms with Gasteiger partial charge in [-0.2, -0.15) is 5.10 Å². The minimum atomic E-state index is -0.148. The molecule has 0 radical (unpaired) electrons. The third-order valence-corrected chi connectivity index (χ3v) is 6.03. The van der Waals surface area contributed by atoms with Crippen molar-refractivity contribution in [3.63, 3.8) is 0 Å². The third kappa shape index (κ3) is 3.81. The number of fused-ring (bicyclic) bond motifs is 1. The maximum Gasteiger partial charge on any atom is 0.323 e. The van der Waals surface area contributed by atoms with Crippen LogP contribution < -0.4 is 10.2 Å². The summed E-state index contributed by atoms with van der Waals surface area (Å²) >= 11 is 1.34. The first-order chi connectivity index (χ1) is 15.2. The van der Waals surface area contributed by atoms with E-state index in [0.717, 1.165) is 35.7 Å². The predicted octanol–water partition coefficient (Wildman–Crippen LogP) is 3.19. The minimum Gasteiger partial charge on any atom is -0.368 e. The van der Waals surface area contributed by atoms with Crippen LogP contribution in [0.15, 0.2) is 54.2 Å². The second kappa shape index (κ2) is 8.08. The van der Waals surface area contributed by atoms with Gasteiger partial charge in [0.05, 0.1) is 5.69 Å². The Bertz CT molecular complexity index is 1260. The van der Waals surface area contributed by atoms with Crippen molar-refractivity contribution in [1.82, 2.24) is 24.5 Å². The summed E-state index contributed by atoms with van der Waals surface area (Å²) in [4.78, 5) is 25.0. The number of benzene rings is 1. The Morgan fingerprint density at radius 1 is 1.10 bits per heavy atom. The molecule has 1 N–H and O–H groups in total. The van der Waals surface area contributed by atoms with Crippen LogP contribution in [0.25, 0.3) is 16.9 Å². The minimum absolute atomic E-state index is 0.148. The fourth-order valence-electron chi connectivity index (χ4n) is 3.66. The molecule has 5 rings (SSSR count). The highest BCUT2D eigenvalue weighted by molar-refractivity contribution is 7.10. The van der Waals surface area contributed by atoms with Crippen LogP contribution in [0.3, 0.4) is 0 Å². The molecule has 4 aromatic rings. The number of hydrogen-bond donors (Lipinski definition) is 1. The first-order valence-corrected chi connectivity index (χ1v) is 10.7. The summed E-state index contributed by atoms with van der Waals surface area (Å²) in [6.45, 7) is 2.80. The van der Waals surface area contributed by atoms with E-state index in [1.54, 1.807) is 16.6 Å². The van der Waals surface area contributed by atoms with Gasteiger partial charge in [-0.05, 0) is 30.2 Å². The Morgan fingerprint density at radius 3 is 2.65 bits per heavy atom. The number of rotatable bonds is 3. The average Bonchev–Trinajstić information content (AvgIpc) is 3.48. The molecule has 9 heteroatoms. The lowest BCUT2D eigenvalue weighted by molar-refractivity contribution is 0.208. The number of pyridine rings is 1. The second-order valence-corrected chi connectivity index (χ2v) is 7.93. The standard InChI is InChI=1S/C22H19N7OS/c1-2-21-25-19(14-31-21)26-22(30)28-12-10-27(11-13-28)17-8-6-16(7-9-17)18-4-3-5-20-23-15-24-29(18)20/h1,3-9,14-15H,10-13H2,(H,26,30). The molecule has 1 aliphatic heterocycles. The van der Waals surface area contributed by atoms with Crippen molar-refractivity contribution >= 4 is 34.5 Å². The Morgan fingerprint density at radius 2 is 1.90 bits per heavy atom. The average molecular weight is 430 g/mol. The van der Waals surface area contributed by atoms with E-state index in [1.807, 2.05) is 22.7 Å². The fourth-order valence-corrected chi connectivity index (χ4v) is 4.21. The number of hydrogen-bond acceptors (Lipinski definition) is 6. The number of thiazole rings is 1. The van der Waals surface area contributed by atoms with Crippen molar-refractivity contribution in [1.29, 1.82) is 0 Å². The zero-order valence-corrected chi connectivity index (χ0v) is 17.4. The number of amides is 2. The van der Waals surface area contributed by atoms with Gasteiger partial charge >= 0.3 is 6.03 Å². The molecule has 1 fully saturated rings. The normalized spacial score (nSPS) is 13.9. The van der Waals surface area contributed by atoms with Crippen molar-refractivity contribution in [2.45, 2.75) is 0 Å². The first-order valence-electron chi connectivity index (χ1n) is 9.83. The second-order valence-electron chi connectivity index (χ2n) is 7.07. The number of nitrogens with zero attached hydrogens (tertiary/aromatic N) is 6. The van der Waals surface area contributed by atoms with Gasteiger partial charge in [0.1, 0.15) is 12.1 Å². The topological polar surface area (TPSA) is 78.7 Å². The number of carbonyl (C=O) groups is 1. The van der Waals surface area contributed by atoms with Gasteiger partial charge in [-0.15, -0.1) is 17.8 Å². The van der Waals surface area contributed by atoms with E-state index in [4.69, 9.17) is 6.42 Å². The van der Waals surface area contributed by atoms with E-state index in [9.17, 15) is 4.79 Å². The molecular weight excluding hydrogens is 410 g/mol. The molecule has 31 heavy (non-hydrogen) atoms. The lowest BCUT2D eigenvalue weighted by Crippen LogP contribution is -2.50. The number of anilines is 2. The fraction of sp³-hybridized carbons (Fsp3) is 0.182.